The van der Waals surface area contributed by atoms with Gasteiger partial charge in [-0.05, 0) is 17.7 Å². The first-order valence-corrected chi connectivity index (χ1v) is 9.64. The van der Waals surface area contributed by atoms with Gasteiger partial charge in [0.05, 0.1) is 18.0 Å². The molecule has 0 saturated carbocycles. The molecule has 1 aliphatic rings. The van der Waals surface area contributed by atoms with E-state index in [1.165, 1.54) is 5.56 Å². The number of anilines is 1. The summed E-state index contributed by atoms with van der Waals surface area (Å²) in [6.07, 6.45) is 1.66. The quantitative estimate of drug-likeness (QED) is 0.594. The Hall–Kier alpha value is -3.12. The largest absolute Gasteiger partial charge is 0.496 e. The molecule has 4 aromatic rings. The second kappa shape index (κ2) is 7.13. The highest BCUT2D eigenvalue weighted by molar-refractivity contribution is 6.11. The van der Waals surface area contributed by atoms with E-state index < -0.39 is 0 Å². The fraction of sp³-hybridized carbons (Fsp3) is 0.273. The van der Waals surface area contributed by atoms with E-state index in [4.69, 9.17) is 4.74 Å². The normalized spacial score (nSPS) is 15.4. The summed E-state index contributed by atoms with van der Waals surface area (Å²) in [6, 6.07) is 16.7. The molecule has 0 spiro atoms. The average molecular weight is 373 g/mol. The van der Waals surface area contributed by atoms with Gasteiger partial charge in [-0.25, -0.2) is 9.97 Å². The Kier molecular flexibility index (Phi) is 4.33. The van der Waals surface area contributed by atoms with Crippen LogP contribution in [0.1, 0.15) is 5.56 Å². The van der Waals surface area contributed by atoms with Crippen molar-refractivity contribution in [2.24, 2.45) is 0 Å². The van der Waals surface area contributed by atoms with E-state index in [1.54, 1.807) is 13.4 Å². The molecule has 6 nitrogen and oxygen atoms in total. The van der Waals surface area contributed by atoms with Crippen LogP contribution in [0.5, 0.6) is 5.75 Å². The molecule has 0 bridgehead atoms. The topological polar surface area (TPSA) is 57.3 Å². The molecule has 28 heavy (non-hydrogen) atoms. The molecule has 0 aliphatic carbocycles. The summed E-state index contributed by atoms with van der Waals surface area (Å²) in [4.78, 5) is 17.5. The van der Waals surface area contributed by atoms with Crippen molar-refractivity contribution >= 4 is 27.8 Å². The van der Waals surface area contributed by atoms with Gasteiger partial charge in [-0.1, -0.05) is 36.4 Å². The van der Waals surface area contributed by atoms with Crippen LogP contribution in [0.4, 0.5) is 5.82 Å². The number of benzene rings is 2. The molecule has 3 heterocycles. The lowest BCUT2D eigenvalue weighted by atomic mass is 10.2. The summed E-state index contributed by atoms with van der Waals surface area (Å²) in [5.74, 6) is 1.81. The van der Waals surface area contributed by atoms with Crippen molar-refractivity contribution in [3.63, 3.8) is 0 Å². The van der Waals surface area contributed by atoms with Gasteiger partial charge in [-0.2, -0.15) is 0 Å². The summed E-state index contributed by atoms with van der Waals surface area (Å²) >= 11 is 0. The molecule has 0 atom stereocenters. The Morgan fingerprint density at radius 1 is 0.964 bits per heavy atom. The lowest BCUT2D eigenvalue weighted by Crippen LogP contribution is -2.46. The second-order valence-electron chi connectivity index (χ2n) is 7.18. The monoisotopic (exact) mass is 373 g/mol. The van der Waals surface area contributed by atoms with Crippen LogP contribution in [-0.2, 0) is 6.54 Å². The number of nitrogens with one attached hydrogen (secondary N) is 1. The Morgan fingerprint density at radius 3 is 2.57 bits per heavy atom. The van der Waals surface area contributed by atoms with E-state index in [2.05, 4.69) is 61.1 Å². The molecule has 1 fully saturated rings. The van der Waals surface area contributed by atoms with E-state index in [0.717, 1.165) is 66.2 Å². The number of rotatable bonds is 4. The zero-order valence-electron chi connectivity index (χ0n) is 15.9. The molecule has 2 aromatic carbocycles. The lowest BCUT2D eigenvalue weighted by Gasteiger charge is -2.35. The van der Waals surface area contributed by atoms with Crippen LogP contribution in [0.25, 0.3) is 21.9 Å². The van der Waals surface area contributed by atoms with Crippen LogP contribution >= 0.6 is 0 Å². The predicted octanol–water partition coefficient (Wildman–Crippen LogP) is 3.44. The molecule has 6 heteroatoms. The van der Waals surface area contributed by atoms with Gasteiger partial charge in [0, 0.05) is 32.7 Å². The van der Waals surface area contributed by atoms with E-state index in [1.807, 2.05) is 12.1 Å². The smallest absolute Gasteiger partial charge is 0.156 e. The maximum absolute atomic E-state index is 5.55. The summed E-state index contributed by atoms with van der Waals surface area (Å²) in [5.41, 5.74) is 4.30. The van der Waals surface area contributed by atoms with Gasteiger partial charge in [0.1, 0.15) is 23.1 Å². The summed E-state index contributed by atoms with van der Waals surface area (Å²) < 4.78 is 5.55. The van der Waals surface area contributed by atoms with Crippen LogP contribution in [0, 0.1) is 0 Å². The van der Waals surface area contributed by atoms with Crippen molar-refractivity contribution in [1.29, 1.82) is 0 Å². The lowest BCUT2D eigenvalue weighted by molar-refractivity contribution is 0.249. The molecule has 1 aliphatic heterocycles. The van der Waals surface area contributed by atoms with Crippen molar-refractivity contribution < 1.29 is 4.74 Å². The van der Waals surface area contributed by atoms with E-state index in [9.17, 15) is 0 Å². The van der Waals surface area contributed by atoms with Crippen LogP contribution in [0.15, 0.2) is 54.9 Å². The molecule has 1 N–H and O–H groups in total. The highest BCUT2D eigenvalue weighted by Crippen LogP contribution is 2.34. The summed E-state index contributed by atoms with van der Waals surface area (Å²) in [6.45, 7) is 4.93. The minimum atomic E-state index is 0.834. The second-order valence-corrected chi connectivity index (χ2v) is 7.18. The molecule has 5 rings (SSSR count). The average Bonchev–Trinajstić information content (AvgIpc) is 3.14. The zero-order chi connectivity index (χ0) is 18.9. The molecule has 0 unspecified atom stereocenters. The van der Waals surface area contributed by atoms with Gasteiger partial charge in [0.15, 0.2) is 5.82 Å². The van der Waals surface area contributed by atoms with E-state index >= 15 is 0 Å². The van der Waals surface area contributed by atoms with Crippen molar-refractivity contribution in [3.8, 4) is 5.75 Å². The number of hydrogen-bond donors (Lipinski definition) is 1. The Labute approximate surface area is 163 Å². The molecule has 0 amide bonds. The first kappa shape index (κ1) is 17.0. The zero-order valence-corrected chi connectivity index (χ0v) is 15.9. The van der Waals surface area contributed by atoms with Gasteiger partial charge in [0.25, 0.3) is 0 Å². The number of aromatic nitrogens is 3. The van der Waals surface area contributed by atoms with Crippen molar-refractivity contribution in [3.05, 3.63) is 60.4 Å². The Balaban J connectivity index is 1.41. The maximum Gasteiger partial charge on any atom is 0.156 e. The predicted molar refractivity (Wildman–Crippen MR) is 112 cm³/mol. The number of ether oxygens (including phenoxy) is 1. The number of aromatic amines is 1. The van der Waals surface area contributed by atoms with Crippen molar-refractivity contribution in [1.82, 2.24) is 19.9 Å². The number of H-pyrrole nitrogens is 1. The van der Waals surface area contributed by atoms with Crippen LogP contribution in [0.2, 0.25) is 0 Å². The van der Waals surface area contributed by atoms with E-state index in [0.29, 0.717) is 0 Å². The summed E-state index contributed by atoms with van der Waals surface area (Å²) in [7, 11) is 1.70. The van der Waals surface area contributed by atoms with Crippen molar-refractivity contribution in [2.75, 3.05) is 38.2 Å². The number of piperazine rings is 1. The van der Waals surface area contributed by atoms with Crippen molar-refractivity contribution in [2.45, 2.75) is 6.54 Å². The fourth-order valence-corrected chi connectivity index (χ4v) is 4.06. The molecule has 142 valence electrons. The molecule has 2 aromatic heterocycles. The third-order valence-corrected chi connectivity index (χ3v) is 5.49. The molecule has 1 saturated heterocycles. The first-order valence-electron chi connectivity index (χ1n) is 9.64. The first-order chi connectivity index (χ1) is 13.8. The molecular formula is C22H23N5O. The SMILES string of the molecule is COc1cccc2[nH]c3c(N4CCN(Cc5ccccc5)CC4)ncnc3c12. The number of methoxy groups -OCH3 is 1. The number of fused-ring (bicyclic) bond motifs is 3. The van der Waals surface area contributed by atoms with Gasteiger partial charge in [0.2, 0.25) is 0 Å². The highest BCUT2D eigenvalue weighted by atomic mass is 16.5. The number of nitrogens with zero attached hydrogens (tertiary/aromatic N) is 4. The van der Waals surface area contributed by atoms with Gasteiger partial charge < -0.3 is 14.6 Å². The Morgan fingerprint density at radius 2 is 1.79 bits per heavy atom. The molecular weight excluding hydrogens is 350 g/mol. The van der Waals surface area contributed by atoms with Gasteiger partial charge in [-0.3, -0.25) is 4.90 Å². The third-order valence-electron chi connectivity index (χ3n) is 5.49. The van der Waals surface area contributed by atoms with Gasteiger partial charge >= 0.3 is 0 Å². The van der Waals surface area contributed by atoms with E-state index in [-0.39, 0.29) is 0 Å². The number of hydrogen-bond acceptors (Lipinski definition) is 5. The van der Waals surface area contributed by atoms with Crippen LogP contribution in [0.3, 0.4) is 0 Å². The standard InChI is InChI=1S/C22H23N5O/c1-28-18-9-5-8-17-19(18)20-21(25-17)22(24-15-23-20)27-12-10-26(11-13-27)14-16-6-3-2-4-7-16/h2-9,15,25H,10-14H2,1H3. The van der Waals surface area contributed by atoms with Crippen LogP contribution < -0.4 is 9.64 Å². The highest BCUT2D eigenvalue weighted by Gasteiger charge is 2.22. The third kappa shape index (κ3) is 2.96. The molecule has 0 radical (unpaired) electrons. The van der Waals surface area contributed by atoms with Crippen LogP contribution in [-0.4, -0.2) is 53.1 Å². The fourth-order valence-electron chi connectivity index (χ4n) is 4.06. The minimum absolute atomic E-state index is 0.834. The summed E-state index contributed by atoms with van der Waals surface area (Å²) in [5, 5.41) is 1.02. The Bertz CT molecular complexity index is 1100. The minimum Gasteiger partial charge on any atom is -0.496 e. The maximum atomic E-state index is 5.55. The van der Waals surface area contributed by atoms with Gasteiger partial charge in [-0.15, -0.1) is 0 Å².